The molecule has 0 unspecified atom stereocenters. The van der Waals surface area contributed by atoms with Gasteiger partial charge in [0, 0.05) is 16.0 Å². The van der Waals surface area contributed by atoms with Crippen LogP contribution in [-0.2, 0) is 0 Å². The molecule has 0 aliphatic rings. The van der Waals surface area contributed by atoms with Crippen molar-refractivity contribution < 1.29 is 9.13 Å². The molecule has 24 heavy (non-hydrogen) atoms. The monoisotopic (exact) mass is 356 g/mol. The van der Waals surface area contributed by atoms with Gasteiger partial charge in [-0.05, 0) is 42.0 Å². The highest BCUT2D eigenvalue weighted by Gasteiger charge is 2.15. The van der Waals surface area contributed by atoms with Gasteiger partial charge in [-0.3, -0.25) is 0 Å². The lowest BCUT2D eigenvalue weighted by Gasteiger charge is -2.07. The zero-order valence-corrected chi connectivity index (χ0v) is 13.8. The zero-order chi connectivity index (χ0) is 16.5. The molecule has 0 spiro atoms. The highest BCUT2D eigenvalue weighted by atomic mass is 35.5. The van der Waals surface area contributed by atoms with Gasteiger partial charge in [-0.1, -0.05) is 23.7 Å². The van der Waals surface area contributed by atoms with Crippen LogP contribution in [0.5, 0.6) is 11.6 Å². The minimum absolute atomic E-state index is 0.271. The Kier molecular flexibility index (Phi) is 3.88. The maximum atomic E-state index is 13.2. The minimum Gasteiger partial charge on any atom is -0.438 e. The van der Waals surface area contributed by atoms with Gasteiger partial charge in [-0.2, -0.15) is 0 Å². The third-order valence-corrected chi connectivity index (χ3v) is 4.66. The van der Waals surface area contributed by atoms with E-state index in [4.69, 9.17) is 16.3 Å². The van der Waals surface area contributed by atoms with Crippen molar-refractivity contribution in [2.45, 2.75) is 0 Å². The Morgan fingerprint density at radius 2 is 1.71 bits per heavy atom. The first-order valence-corrected chi connectivity index (χ1v) is 8.38. The maximum Gasteiger partial charge on any atom is 0.231 e. The van der Waals surface area contributed by atoms with E-state index in [9.17, 15) is 4.39 Å². The fourth-order valence-corrected chi connectivity index (χ4v) is 3.41. The molecule has 2 aromatic heterocycles. The van der Waals surface area contributed by atoms with E-state index >= 15 is 0 Å². The maximum absolute atomic E-state index is 13.2. The number of fused-ring (bicyclic) bond motifs is 1. The smallest absolute Gasteiger partial charge is 0.231 e. The Morgan fingerprint density at radius 1 is 0.958 bits per heavy atom. The molecule has 3 nitrogen and oxygen atoms in total. The van der Waals surface area contributed by atoms with Gasteiger partial charge in [-0.15, -0.1) is 11.3 Å². The van der Waals surface area contributed by atoms with Crippen LogP contribution in [0.1, 0.15) is 0 Å². The highest BCUT2D eigenvalue weighted by molar-refractivity contribution is 7.17. The third-order valence-electron chi connectivity index (χ3n) is 3.52. The molecule has 0 aliphatic heterocycles. The summed E-state index contributed by atoms with van der Waals surface area (Å²) in [5, 5.41) is 3.42. The number of benzene rings is 2. The average Bonchev–Trinajstić information content (AvgIpc) is 3.03. The van der Waals surface area contributed by atoms with Gasteiger partial charge in [0.05, 0.1) is 5.39 Å². The van der Waals surface area contributed by atoms with E-state index in [0.717, 1.165) is 21.3 Å². The van der Waals surface area contributed by atoms with Crippen LogP contribution >= 0.6 is 22.9 Å². The lowest BCUT2D eigenvalue weighted by Crippen LogP contribution is -1.90. The van der Waals surface area contributed by atoms with E-state index in [0.29, 0.717) is 16.7 Å². The van der Waals surface area contributed by atoms with Crippen molar-refractivity contribution in [2.75, 3.05) is 0 Å². The predicted octanol–water partition coefficient (Wildman–Crippen LogP) is 5.94. The van der Waals surface area contributed by atoms with Crippen LogP contribution in [0.15, 0.2) is 60.2 Å². The van der Waals surface area contributed by atoms with Gasteiger partial charge in [0.1, 0.15) is 22.7 Å². The Balaban J connectivity index is 1.82. The van der Waals surface area contributed by atoms with Crippen LogP contribution < -0.4 is 4.74 Å². The van der Waals surface area contributed by atoms with E-state index < -0.39 is 0 Å². The molecule has 0 radical (unpaired) electrons. The van der Waals surface area contributed by atoms with Crippen molar-refractivity contribution in [3.63, 3.8) is 0 Å². The number of thiophene rings is 1. The fourth-order valence-electron chi connectivity index (χ4n) is 2.38. The standard InChI is InChI=1S/C18H10ClFN2OS/c19-12-3-7-14(8-4-12)23-17-16-15(9-24-18(16)22-10-21-17)11-1-5-13(20)6-2-11/h1-10H. The van der Waals surface area contributed by atoms with Gasteiger partial charge in [0.15, 0.2) is 0 Å². The molecule has 2 heterocycles. The summed E-state index contributed by atoms with van der Waals surface area (Å²) in [6.45, 7) is 0. The Morgan fingerprint density at radius 3 is 2.46 bits per heavy atom. The van der Waals surface area contributed by atoms with Crippen molar-refractivity contribution in [3.8, 4) is 22.8 Å². The van der Waals surface area contributed by atoms with Gasteiger partial charge in [0.2, 0.25) is 5.88 Å². The molecule has 4 aromatic rings. The lowest BCUT2D eigenvalue weighted by atomic mass is 10.1. The Hall–Kier alpha value is -2.50. The number of rotatable bonds is 3. The summed E-state index contributed by atoms with van der Waals surface area (Å²) in [4.78, 5) is 9.37. The van der Waals surface area contributed by atoms with E-state index in [2.05, 4.69) is 9.97 Å². The zero-order valence-electron chi connectivity index (χ0n) is 12.2. The van der Waals surface area contributed by atoms with E-state index in [1.54, 1.807) is 36.4 Å². The molecule has 0 saturated carbocycles. The second-order valence-corrected chi connectivity index (χ2v) is 6.37. The van der Waals surface area contributed by atoms with Crippen molar-refractivity contribution >= 4 is 33.2 Å². The number of ether oxygens (including phenoxy) is 1. The summed E-state index contributed by atoms with van der Waals surface area (Å²) in [5.41, 5.74) is 1.80. The van der Waals surface area contributed by atoms with Gasteiger partial charge < -0.3 is 4.74 Å². The van der Waals surface area contributed by atoms with Gasteiger partial charge in [-0.25, -0.2) is 14.4 Å². The Bertz CT molecular complexity index is 1000. The molecule has 0 atom stereocenters. The summed E-state index contributed by atoms with van der Waals surface area (Å²) in [7, 11) is 0. The first-order chi connectivity index (χ1) is 11.7. The van der Waals surface area contributed by atoms with E-state index in [-0.39, 0.29) is 5.82 Å². The Labute approximate surface area is 146 Å². The predicted molar refractivity (Wildman–Crippen MR) is 94.3 cm³/mol. The molecule has 2 aromatic carbocycles. The molecule has 4 rings (SSSR count). The number of hydrogen-bond donors (Lipinski definition) is 0. The van der Waals surface area contributed by atoms with Crippen molar-refractivity contribution in [1.29, 1.82) is 0 Å². The summed E-state index contributed by atoms with van der Waals surface area (Å²) in [6.07, 6.45) is 1.47. The number of halogens is 2. The summed E-state index contributed by atoms with van der Waals surface area (Å²) in [5.74, 6) is 0.825. The van der Waals surface area contributed by atoms with Crippen LogP contribution in [0.25, 0.3) is 21.3 Å². The highest BCUT2D eigenvalue weighted by Crippen LogP contribution is 2.39. The molecule has 118 valence electrons. The third kappa shape index (κ3) is 2.84. The van der Waals surface area contributed by atoms with Gasteiger partial charge >= 0.3 is 0 Å². The molecule has 0 aliphatic carbocycles. The van der Waals surface area contributed by atoms with Gasteiger partial charge in [0.25, 0.3) is 0 Å². The largest absolute Gasteiger partial charge is 0.438 e. The lowest BCUT2D eigenvalue weighted by molar-refractivity contribution is 0.468. The normalized spacial score (nSPS) is 10.9. The molecule has 0 fully saturated rings. The average molecular weight is 357 g/mol. The number of aromatic nitrogens is 2. The van der Waals surface area contributed by atoms with E-state index in [1.807, 2.05) is 5.38 Å². The van der Waals surface area contributed by atoms with Crippen LogP contribution in [0.4, 0.5) is 4.39 Å². The van der Waals surface area contributed by atoms with Crippen LogP contribution in [-0.4, -0.2) is 9.97 Å². The van der Waals surface area contributed by atoms with Crippen molar-refractivity contribution in [1.82, 2.24) is 9.97 Å². The van der Waals surface area contributed by atoms with Crippen molar-refractivity contribution in [2.24, 2.45) is 0 Å². The summed E-state index contributed by atoms with van der Waals surface area (Å²) in [6, 6.07) is 13.4. The van der Waals surface area contributed by atoms with Crippen molar-refractivity contribution in [3.05, 3.63) is 71.1 Å². The summed E-state index contributed by atoms with van der Waals surface area (Å²) < 4.78 is 19.1. The molecule has 0 saturated heterocycles. The molecule has 0 amide bonds. The second kappa shape index (κ2) is 6.19. The second-order valence-electron chi connectivity index (χ2n) is 5.07. The molecule has 6 heteroatoms. The number of nitrogens with zero attached hydrogens (tertiary/aromatic N) is 2. The van der Waals surface area contributed by atoms with Crippen LogP contribution in [0, 0.1) is 5.82 Å². The first kappa shape index (κ1) is 15.1. The fraction of sp³-hybridized carbons (Fsp3) is 0. The molecule has 0 N–H and O–H groups in total. The molecular weight excluding hydrogens is 347 g/mol. The topological polar surface area (TPSA) is 35.0 Å². The summed E-state index contributed by atoms with van der Waals surface area (Å²) >= 11 is 7.39. The minimum atomic E-state index is -0.271. The van der Waals surface area contributed by atoms with Crippen LogP contribution in [0.2, 0.25) is 5.02 Å². The molecule has 0 bridgehead atoms. The SMILES string of the molecule is Fc1ccc(-c2csc3ncnc(Oc4ccc(Cl)cc4)c23)cc1. The van der Waals surface area contributed by atoms with Crippen LogP contribution in [0.3, 0.4) is 0 Å². The number of hydrogen-bond acceptors (Lipinski definition) is 4. The molecular formula is C18H10ClFN2OS. The van der Waals surface area contributed by atoms with E-state index in [1.165, 1.54) is 29.8 Å². The quantitative estimate of drug-likeness (QED) is 0.455. The first-order valence-electron chi connectivity index (χ1n) is 7.12.